The first-order valence-corrected chi connectivity index (χ1v) is 5.44. The molecule has 0 aromatic heterocycles. The maximum atomic E-state index is 11.7. The van der Waals surface area contributed by atoms with Gasteiger partial charge in [0.15, 0.2) is 0 Å². The normalized spacial score (nSPS) is 18.7. The van der Waals surface area contributed by atoms with Gasteiger partial charge in [0, 0.05) is 0 Å². The number of carbonyl (C=O) groups excluding carboxylic acids is 2. The summed E-state index contributed by atoms with van der Waals surface area (Å²) >= 11 is 0. The molecule has 0 bridgehead atoms. The molecule has 0 radical (unpaired) electrons. The van der Waals surface area contributed by atoms with Crippen molar-refractivity contribution in [3.8, 4) is 0 Å². The third-order valence-corrected chi connectivity index (χ3v) is 2.59. The van der Waals surface area contributed by atoms with Crippen LogP contribution in [0.1, 0.15) is 5.56 Å². The Morgan fingerprint density at radius 1 is 1.39 bits per heavy atom. The minimum absolute atomic E-state index is 0.0667. The molecule has 1 aliphatic heterocycles. The van der Waals surface area contributed by atoms with E-state index in [-0.39, 0.29) is 19.9 Å². The van der Waals surface area contributed by atoms with Crippen molar-refractivity contribution >= 4 is 12.1 Å². The number of carboxylic acid groups (broad SMARTS) is 1. The van der Waals surface area contributed by atoms with Crippen LogP contribution < -0.4 is 5.11 Å². The fourth-order valence-corrected chi connectivity index (χ4v) is 1.62. The topological polar surface area (TPSA) is 78.9 Å². The van der Waals surface area contributed by atoms with Gasteiger partial charge in [-0.3, -0.25) is 4.90 Å². The Hall–Kier alpha value is -2.08. The average Bonchev–Trinajstić information content (AvgIpc) is 2.86. The smallest absolute Gasteiger partial charge is 0.412 e. The minimum atomic E-state index is -1.34. The van der Waals surface area contributed by atoms with Crippen molar-refractivity contribution in [2.24, 2.45) is 0 Å². The van der Waals surface area contributed by atoms with E-state index in [1.807, 2.05) is 30.3 Å². The Morgan fingerprint density at radius 3 is 2.78 bits per heavy atom. The fourth-order valence-electron chi connectivity index (χ4n) is 1.62. The SMILES string of the molecule is O=C([O-])[C@@H]1COCN1C(=O)OCc1ccccc1. The van der Waals surface area contributed by atoms with E-state index in [4.69, 9.17) is 9.47 Å². The van der Waals surface area contributed by atoms with Crippen molar-refractivity contribution < 1.29 is 24.2 Å². The fraction of sp³-hybridized carbons (Fsp3) is 0.333. The maximum Gasteiger partial charge on any atom is 0.412 e. The van der Waals surface area contributed by atoms with Crippen LogP contribution in [0.5, 0.6) is 0 Å². The Morgan fingerprint density at radius 2 is 2.11 bits per heavy atom. The van der Waals surface area contributed by atoms with Crippen molar-refractivity contribution in [2.75, 3.05) is 13.3 Å². The van der Waals surface area contributed by atoms with Gasteiger partial charge in [0.1, 0.15) is 19.4 Å². The first-order chi connectivity index (χ1) is 8.68. The highest BCUT2D eigenvalue weighted by molar-refractivity contribution is 5.79. The predicted octanol–water partition coefficient (Wildman–Crippen LogP) is -0.269. The van der Waals surface area contributed by atoms with Crippen LogP contribution in [0.25, 0.3) is 0 Å². The molecule has 96 valence electrons. The second-order valence-electron chi connectivity index (χ2n) is 3.84. The summed E-state index contributed by atoms with van der Waals surface area (Å²) in [5, 5.41) is 10.8. The maximum absolute atomic E-state index is 11.7. The van der Waals surface area contributed by atoms with Gasteiger partial charge in [-0.25, -0.2) is 4.79 Å². The third kappa shape index (κ3) is 2.78. The van der Waals surface area contributed by atoms with Crippen molar-refractivity contribution in [3.63, 3.8) is 0 Å². The zero-order valence-electron chi connectivity index (χ0n) is 9.57. The minimum Gasteiger partial charge on any atom is -0.548 e. The van der Waals surface area contributed by atoms with E-state index in [2.05, 4.69) is 0 Å². The van der Waals surface area contributed by atoms with Crippen LogP contribution in [0.4, 0.5) is 4.79 Å². The van der Waals surface area contributed by atoms with Crippen molar-refractivity contribution in [1.82, 2.24) is 4.90 Å². The molecule has 6 heteroatoms. The van der Waals surface area contributed by atoms with E-state index in [0.29, 0.717) is 0 Å². The van der Waals surface area contributed by atoms with Crippen molar-refractivity contribution in [3.05, 3.63) is 35.9 Å². The number of carbonyl (C=O) groups is 2. The molecule has 0 unspecified atom stereocenters. The summed E-state index contributed by atoms with van der Waals surface area (Å²) in [6.45, 7) is -0.0645. The van der Waals surface area contributed by atoms with E-state index in [1.54, 1.807) is 0 Å². The van der Waals surface area contributed by atoms with Crippen LogP contribution in [0.15, 0.2) is 30.3 Å². The molecule has 0 saturated carbocycles. The third-order valence-electron chi connectivity index (χ3n) is 2.59. The zero-order chi connectivity index (χ0) is 13.0. The number of nitrogens with zero attached hydrogens (tertiary/aromatic N) is 1. The van der Waals surface area contributed by atoms with Crippen LogP contribution in [0.3, 0.4) is 0 Å². The summed E-state index contributed by atoms with van der Waals surface area (Å²) in [6, 6.07) is 8.05. The molecule has 1 aliphatic rings. The standard InChI is InChI=1S/C12H13NO5/c14-11(15)10-7-17-8-13(10)12(16)18-6-9-4-2-1-3-5-9/h1-5,10H,6-8H2,(H,14,15)/p-1/t10-/m0/s1. The van der Waals surface area contributed by atoms with Gasteiger partial charge in [0.2, 0.25) is 0 Å². The first-order valence-electron chi connectivity index (χ1n) is 5.44. The molecule has 2 rings (SSSR count). The van der Waals surface area contributed by atoms with Crippen LogP contribution in [-0.2, 0) is 20.9 Å². The molecule has 1 amide bonds. The molecule has 1 atom stereocenters. The molecule has 0 aliphatic carbocycles. The predicted molar refractivity (Wildman–Crippen MR) is 58.1 cm³/mol. The lowest BCUT2D eigenvalue weighted by Gasteiger charge is -2.22. The van der Waals surface area contributed by atoms with E-state index >= 15 is 0 Å². The number of amides is 1. The number of benzene rings is 1. The first kappa shape index (κ1) is 12.4. The number of hydrogen-bond donors (Lipinski definition) is 0. The van der Waals surface area contributed by atoms with Gasteiger partial charge < -0.3 is 19.4 Å². The molecular weight excluding hydrogens is 238 g/mol. The largest absolute Gasteiger partial charge is 0.548 e. The van der Waals surface area contributed by atoms with Gasteiger partial charge >= 0.3 is 6.09 Å². The van der Waals surface area contributed by atoms with Crippen LogP contribution in [-0.4, -0.2) is 36.3 Å². The highest BCUT2D eigenvalue weighted by Gasteiger charge is 2.31. The Balaban J connectivity index is 1.90. The molecule has 0 spiro atoms. The number of rotatable bonds is 3. The second-order valence-corrected chi connectivity index (χ2v) is 3.84. The summed E-state index contributed by atoms with van der Waals surface area (Å²) in [4.78, 5) is 23.4. The molecule has 6 nitrogen and oxygen atoms in total. The molecular formula is C12H12NO5-. The van der Waals surface area contributed by atoms with Gasteiger partial charge in [0.05, 0.1) is 12.6 Å². The van der Waals surface area contributed by atoms with Gasteiger partial charge in [-0.1, -0.05) is 30.3 Å². The molecule has 1 fully saturated rings. The highest BCUT2D eigenvalue weighted by atomic mass is 16.6. The summed E-state index contributed by atoms with van der Waals surface area (Å²) < 4.78 is 9.92. The highest BCUT2D eigenvalue weighted by Crippen LogP contribution is 2.12. The lowest BCUT2D eigenvalue weighted by molar-refractivity contribution is -0.310. The average molecular weight is 250 g/mol. The van der Waals surface area contributed by atoms with E-state index in [0.717, 1.165) is 10.5 Å². The van der Waals surface area contributed by atoms with E-state index in [1.165, 1.54) is 0 Å². The van der Waals surface area contributed by atoms with E-state index in [9.17, 15) is 14.7 Å². The number of ether oxygens (including phenoxy) is 2. The Labute approximate surface area is 104 Å². The zero-order valence-corrected chi connectivity index (χ0v) is 9.57. The van der Waals surface area contributed by atoms with Gasteiger partial charge in [0.25, 0.3) is 0 Å². The van der Waals surface area contributed by atoms with Crippen LogP contribution in [0.2, 0.25) is 0 Å². The quantitative estimate of drug-likeness (QED) is 0.738. The molecule has 1 aromatic carbocycles. The molecule has 1 saturated heterocycles. The van der Waals surface area contributed by atoms with Crippen molar-refractivity contribution in [1.29, 1.82) is 0 Å². The molecule has 0 N–H and O–H groups in total. The summed E-state index contributed by atoms with van der Waals surface area (Å²) in [5.74, 6) is -1.34. The van der Waals surface area contributed by atoms with Gasteiger partial charge in [-0.15, -0.1) is 0 Å². The number of aliphatic carboxylic acids is 1. The Kier molecular flexibility index (Phi) is 3.78. The van der Waals surface area contributed by atoms with E-state index < -0.39 is 18.1 Å². The van der Waals surface area contributed by atoms with Gasteiger partial charge in [-0.2, -0.15) is 0 Å². The Bertz CT molecular complexity index is 433. The van der Waals surface area contributed by atoms with Crippen molar-refractivity contribution in [2.45, 2.75) is 12.6 Å². The monoisotopic (exact) mass is 250 g/mol. The lowest BCUT2D eigenvalue weighted by atomic mass is 10.2. The molecule has 18 heavy (non-hydrogen) atoms. The van der Waals surface area contributed by atoms with Gasteiger partial charge in [-0.05, 0) is 5.56 Å². The lowest BCUT2D eigenvalue weighted by Crippen LogP contribution is -2.48. The summed E-state index contributed by atoms with van der Waals surface area (Å²) in [7, 11) is 0. The second kappa shape index (κ2) is 5.50. The van der Waals surface area contributed by atoms with Crippen LogP contribution >= 0.6 is 0 Å². The summed E-state index contributed by atoms with van der Waals surface area (Å²) in [5.41, 5.74) is 0.830. The number of hydrogen-bond acceptors (Lipinski definition) is 5. The summed E-state index contributed by atoms with van der Waals surface area (Å²) in [6.07, 6.45) is -0.717. The number of carboxylic acids is 1. The van der Waals surface area contributed by atoms with Crippen LogP contribution in [0, 0.1) is 0 Å². The molecule has 1 heterocycles. The molecule has 1 aromatic rings.